The lowest BCUT2D eigenvalue weighted by molar-refractivity contribution is -0.0703. The van der Waals surface area contributed by atoms with Gasteiger partial charge >= 0.3 is 0 Å². The van der Waals surface area contributed by atoms with Gasteiger partial charge in [-0.05, 0) is 18.9 Å². The molecular formula is C25H48O5. The molecule has 0 radical (unpaired) electrons. The third-order valence-electron chi connectivity index (χ3n) is 6.00. The van der Waals surface area contributed by atoms with Crippen LogP contribution in [0, 0.1) is 0 Å². The van der Waals surface area contributed by atoms with Crippen LogP contribution in [0.2, 0.25) is 0 Å². The molecule has 1 fully saturated rings. The maximum Gasteiger partial charge on any atom is 0.117 e. The zero-order valence-corrected chi connectivity index (χ0v) is 19.4. The highest BCUT2D eigenvalue weighted by Gasteiger charge is 2.39. The second-order valence-electron chi connectivity index (χ2n) is 8.87. The third-order valence-corrected chi connectivity index (χ3v) is 6.00. The Balaban J connectivity index is 1.78. The van der Waals surface area contributed by atoms with Gasteiger partial charge < -0.3 is 24.8 Å². The van der Waals surface area contributed by atoms with Gasteiger partial charge in [-0.25, -0.2) is 0 Å². The molecule has 0 amide bonds. The van der Waals surface area contributed by atoms with E-state index in [1.54, 1.807) is 6.26 Å². The summed E-state index contributed by atoms with van der Waals surface area (Å²) in [7, 11) is 0. The van der Waals surface area contributed by atoms with E-state index in [2.05, 4.69) is 6.92 Å². The molecule has 1 rings (SSSR count). The van der Waals surface area contributed by atoms with Crippen LogP contribution in [0.4, 0.5) is 0 Å². The Morgan fingerprint density at radius 1 is 0.833 bits per heavy atom. The van der Waals surface area contributed by atoms with Gasteiger partial charge in [0.15, 0.2) is 0 Å². The Bertz CT molecular complexity index is 401. The van der Waals surface area contributed by atoms with Gasteiger partial charge in [0.2, 0.25) is 0 Å². The number of hydrogen-bond acceptors (Lipinski definition) is 5. The van der Waals surface area contributed by atoms with Crippen molar-refractivity contribution in [3.8, 4) is 0 Å². The minimum atomic E-state index is -1.05. The van der Waals surface area contributed by atoms with Crippen LogP contribution in [0.5, 0.6) is 0 Å². The van der Waals surface area contributed by atoms with E-state index < -0.39 is 24.4 Å². The van der Waals surface area contributed by atoms with Crippen molar-refractivity contribution >= 4 is 0 Å². The Morgan fingerprint density at radius 3 is 1.80 bits per heavy atom. The largest absolute Gasteiger partial charge is 0.499 e. The summed E-state index contributed by atoms with van der Waals surface area (Å²) in [5, 5.41) is 29.0. The van der Waals surface area contributed by atoms with Gasteiger partial charge in [-0.3, -0.25) is 0 Å². The minimum Gasteiger partial charge on any atom is -0.499 e. The first-order valence-corrected chi connectivity index (χ1v) is 12.6. The van der Waals surface area contributed by atoms with Gasteiger partial charge in [0, 0.05) is 0 Å². The maximum absolute atomic E-state index is 9.93. The van der Waals surface area contributed by atoms with E-state index in [1.165, 1.54) is 89.9 Å². The summed E-state index contributed by atoms with van der Waals surface area (Å²) in [4.78, 5) is 0. The predicted molar refractivity (Wildman–Crippen MR) is 122 cm³/mol. The number of aliphatic hydroxyl groups is 3. The molecule has 1 saturated heterocycles. The summed E-state index contributed by atoms with van der Waals surface area (Å²) in [6, 6.07) is 0. The van der Waals surface area contributed by atoms with E-state index >= 15 is 0 Å². The van der Waals surface area contributed by atoms with Crippen LogP contribution in [-0.4, -0.2) is 52.9 Å². The lowest BCUT2D eigenvalue weighted by Crippen LogP contribution is -2.40. The molecule has 30 heavy (non-hydrogen) atoms. The fourth-order valence-corrected chi connectivity index (χ4v) is 3.98. The Labute approximate surface area is 184 Å². The molecule has 0 aromatic carbocycles. The lowest BCUT2D eigenvalue weighted by atomic mass is 10.0. The quantitative estimate of drug-likeness (QED) is 0.182. The molecule has 0 saturated carbocycles. The van der Waals surface area contributed by atoms with Crippen LogP contribution >= 0.6 is 0 Å². The predicted octanol–water partition coefficient (Wildman–Crippen LogP) is 5.26. The molecule has 0 aromatic rings. The molecule has 0 aromatic heterocycles. The molecule has 0 spiro atoms. The number of ether oxygens (including phenoxy) is 2. The number of hydrogen-bond donors (Lipinski definition) is 3. The smallest absolute Gasteiger partial charge is 0.117 e. The lowest BCUT2D eigenvalue weighted by Gasteiger charge is -2.20. The van der Waals surface area contributed by atoms with Gasteiger partial charge in [-0.2, -0.15) is 0 Å². The Morgan fingerprint density at radius 2 is 1.33 bits per heavy atom. The van der Waals surface area contributed by atoms with Crippen molar-refractivity contribution < 1.29 is 24.8 Å². The number of rotatable bonds is 20. The van der Waals surface area contributed by atoms with E-state index in [0.717, 1.165) is 12.8 Å². The van der Waals surface area contributed by atoms with Gasteiger partial charge in [-0.15, -0.1) is 0 Å². The second-order valence-corrected chi connectivity index (χ2v) is 8.87. The van der Waals surface area contributed by atoms with Crippen LogP contribution in [0.3, 0.4) is 0 Å². The summed E-state index contributed by atoms with van der Waals surface area (Å²) in [6.07, 6.45) is 21.4. The van der Waals surface area contributed by atoms with Gasteiger partial charge in [0.1, 0.15) is 31.0 Å². The Kier molecular flexibility index (Phi) is 17.4. The Hall–Kier alpha value is -0.620. The molecule has 178 valence electrons. The third kappa shape index (κ3) is 13.6. The number of allylic oxidation sites excluding steroid dienone is 1. The van der Waals surface area contributed by atoms with Crippen molar-refractivity contribution in [1.82, 2.24) is 0 Å². The van der Waals surface area contributed by atoms with Crippen molar-refractivity contribution in [2.24, 2.45) is 0 Å². The summed E-state index contributed by atoms with van der Waals surface area (Å²) >= 11 is 0. The molecule has 1 heterocycles. The van der Waals surface area contributed by atoms with E-state index in [9.17, 15) is 15.3 Å². The first-order chi connectivity index (χ1) is 14.7. The molecule has 1 aliphatic rings. The van der Waals surface area contributed by atoms with Crippen molar-refractivity contribution in [3.05, 3.63) is 12.3 Å². The van der Waals surface area contributed by atoms with Crippen molar-refractivity contribution in [2.45, 2.75) is 134 Å². The zero-order chi connectivity index (χ0) is 21.9. The molecule has 4 atom stereocenters. The number of unbranched alkanes of at least 4 members (excludes halogenated alkanes) is 15. The highest BCUT2D eigenvalue weighted by molar-refractivity contribution is 4.88. The van der Waals surface area contributed by atoms with Crippen LogP contribution in [0.1, 0.15) is 110 Å². The van der Waals surface area contributed by atoms with Crippen molar-refractivity contribution in [2.75, 3.05) is 13.2 Å². The van der Waals surface area contributed by atoms with Crippen LogP contribution < -0.4 is 0 Å². The van der Waals surface area contributed by atoms with E-state index in [-0.39, 0.29) is 13.2 Å². The van der Waals surface area contributed by atoms with Crippen LogP contribution in [-0.2, 0) is 9.47 Å². The van der Waals surface area contributed by atoms with E-state index in [4.69, 9.17) is 9.47 Å². The normalized spacial score (nSPS) is 22.7. The highest BCUT2D eigenvalue weighted by Crippen LogP contribution is 2.18. The van der Waals surface area contributed by atoms with Crippen molar-refractivity contribution in [3.63, 3.8) is 0 Å². The summed E-state index contributed by atoms with van der Waals surface area (Å²) in [6.45, 7) is 2.39. The average molecular weight is 429 g/mol. The topological polar surface area (TPSA) is 79.2 Å². The van der Waals surface area contributed by atoms with Crippen LogP contribution in [0.25, 0.3) is 0 Å². The van der Waals surface area contributed by atoms with Gasteiger partial charge in [-0.1, -0.05) is 96.8 Å². The molecule has 3 N–H and O–H groups in total. The molecule has 0 bridgehead atoms. The standard InChI is InChI=1S/C25H48O5/c1-2-3-4-5-6-7-8-9-10-11-12-13-14-15-16-17-18-19-29-20-23(27)25-24(28)22(26)21-30-25/h18-19,22-28H,2-17,20-21H2,1H3/b19-18+/t22-,23+,24-,25-/m0/s1. The maximum atomic E-state index is 9.93. The first kappa shape index (κ1) is 27.4. The summed E-state index contributed by atoms with van der Waals surface area (Å²) < 4.78 is 10.5. The monoisotopic (exact) mass is 428 g/mol. The molecular weight excluding hydrogens is 380 g/mol. The summed E-state index contributed by atoms with van der Waals surface area (Å²) in [5.74, 6) is 0. The average Bonchev–Trinajstić information content (AvgIpc) is 3.08. The fourth-order valence-electron chi connectivity index (χ4n) is 3.98. The summed E-state index contributed by atoms with van der Waals surface area (Å²) in [5.41, 5.74) is 0. The molecule has 0 unspecified atom stereocenters. The van der Waals surface area contributed by atoms with E-state index in [1.807, 2.05) is 6.08 Å². The van der Waals surface area contributed by atoms with Gasteiger partial charge in [0.05, 0.1) is 12.9 Å². The minimum absolute atomic E-state index is 0.0535. The zero-order valence-electron chi connectivity index (χ0n) is 19.4. The SMILES string of the molecule is CCCCCCCCCCCCCCCCC/C=C/OC[C@@H](O)[C@@H]1OC[C@H](O)[C@@H]1O. The van der Waals surface area contributed by atoms with Gasteiger partial charge in [0.25, 0.3) is 0 Å². The molecule has 1 aliphatic heterocycles. The molecule has 5 nitrogen and oxygen atoms in total. The highest BCUT2D eigenvalue weighted by atomic mass is 16.5. The number of aliphatic hydroxyl groups excluding tert-OH is 3. The van der Waals surface area contributed by atoms with E-state index in [0.29, 0.717) is 0 Å². The first-order valence-electron chi connectivity index (χ1n) is 12.6. The fraction of sp³-hybridized carbons (Fsp3) is 0.920. The second kappa shape index (κ2) is 19.1. The molecule has 5 heteroatoms. The molecule has 0 aliphatic carbocycles. The van der Waals surface area contributed by atoms with Crippen molar-refractivity contribution in [1.29, 1.82) is 0 Å². The van der Waals surface area contributed by atoms with Crippen LogP contribution in [0.15, 0.2) is 12.3 Å².